The fourth-order valence-electron chi connectivity index (χ4n) is 7.35. The minimum absolute atomic E-state index is 0.0254. The number of fused-ring (bicyclic) bond motifs is 2. The van der Waals surface area contributed by atoms with E-state index in [9.17, 15) is 14.9 Å². The summed E-state index contributed by atoms with van der Waals surface area (Å²) in [6.07, 6.45) is -0.901. The van der Waals surface area contributed by atoms with Crippen molar-refractivity contribution in [2.24, 2.45) is 0 Å². The lowest BCUT2D eigenvalue weighted by molar-refractivity contribution is -0.203. The van der Waals surface area contributed by atoms with Gasteiger partial charge in [0.15, 0.2) is 6.23 Å². The topological polar surface area (TPSA) is 146 Å². The Morgan fingerprint density at radius 3 is 2.07 bits per heavy atom. The second-order valence-electron chi connectivity index (χ2n) is 14.2. The Labute approximate surface area is 322 Å². The van der Waals surface area contributed by atoms with Crippen molar-refractivity contribution in [3.63, 3.8) is 0 Å². The Hall–Kier alpha value is -4.38. The van der Waals surface area contributed by atoms with Crippen molar-refractivity contribution >= 4 is 8.53 Å². The van der Waals surface area contributed by atoms with E-state index in [0.717, 1.165) is 16.7 Å². The zero-order chi connectivity index (χ0) is 39.3. The highest BCUT2D eigenvalue weighted by Crippen LogP contribution is 2.56. The molecule has 2 bridgehead atoms. The first kappa shape index (κ1) is 40.3. The second kappa shape index (κ2) is 17.2. The molecule has 5 atom stereocenters. The van der Waals surface area contributed by atoms with Gasteiger partial charge < -0.3 is 32.7 Å². The van der Waals surface area contributed by atoms with Gasteiger partial charge in [-0.1, -0.05) is 54.6 Å². The van der Waals surface area contributed by atoms with Crippen LogP contribution in [0.5, 0.6) is 11.5 Å². The first-order chi connectivity index (χ1) is 26.5. The van der Waals surface area contributed by atoms with Gasteiger partial charge in [-0.25, -0.2) is 9.46 Å². The maximum atomic E-state index is 13.3. The van der Waals surface area contributed by atoms with E-state index < -0.39 is 49.4 Å². The number of benzene rings is 3. The molecule has 2 saturated heterocycles. The van der Waals surface area contributed by atoms with E-state index in [4.69, 9.17) is 32.7 Å². The summed E-state index contributed by atoms with van der Waals surface area (Å²) in [7, 11) is 1.48. The summed E-state index contributed by atoms with van der Waals surface area (Å²) in [4.78, 5) is 28.2. The van der Waals surface area contributed by atoms with Gasteiger partial charge in [0.25, 0.3) is 14.1 Å². The van der Waals surface area contributed by atoms with Crippen molar-refractivity contribution in [1.82, 2.24) is 14.2 Å². The van der Waals surface area contributed by atoms with Crippen molar-refractivity contribution < 1.29 is 32.7 Å². The highest BCUT2D eigenvalue weighted by molar-refractivity contribution is 7.44. The molecular weight excluding hydrogens is 723 g/mol. The van der Waals surface area contributed by atoms with Gasteiger partial charge in [0, 0.05) is 23.8 Å². The lowest BCUT2D eigenvalue weighted by atomic mass is 9.79. The number of hydrogen-bond acceptors (Lipinski definition) is 11. The average Bonchev–Trinajstić information content (AvgIpc) is 3.68. The van der Waals surface area contributed by atoms with Crippen molar-refractivity contribution in [2.75, 3.05) is 34.0 Å². The molecule has 292 valence electrons. The van der Waals surface area contributed by atoms with Crippen LogP contribution in [0.3, 0.4) is 0 Å². The van der Waals surface area contributed by atoms with Crippen LogP contribution in [0.1, 0.15) is 62.6 Å². The third kappa shape index (κ3) is 8.00. The quantitative estimate of drug-likeness (QED) is 0.0744. The Morgan fingerprint density at radius 1 is 0.945 bits per heavy atom. The normalized spacial score (nSPS) is 21.3. The third-order valence-corrected chi connectivity index (χ3v) is 12.1. The number of hydrogen-bond donors (Lipinski definition) is 1. The molecule has 13 nitrogen and oxygen atoms in total. The molecule has 55 heavy (non-hydrogen) atoms. The first-order valence-electron chi connectivity index (χ1n) is 18.3. The van der Waals surface area contributed by atoms with E-state index in [-0.39, 0.29) is 38.3 Å². The molecule has 0 spiro atoms. The molecule has 14 heteroatoms. The third-order valence-electron chi connectivity index (χ3n) is 9.97. The monoisotopic (exact) mass is 772 g/mol. The van der Waals surface area contributed by atoms with E-state index in [1.54, 1.807) is 21.1 Å². The van der Waals surface area contributed by atoms with Gasteiger partial charge in [0.05, 0.1) is 46.5 Å². The summed E-state index contributed by atoms with van der Waals surface area (Å²) >= 11 is 0. The molecule has 2 aliphatic heterocycles. The fraction of sp³-hybridized carbons (Fsp3) is 0.439. The molecule has 3 aromatic carbocycles. The van der Waals surface area contributed by atoms with Crippen LogP contribution in [-0.4, -0.2) is 78.2 Å². The van der Waals surface area contributed by atoms with Gasteiger partial charge in [-0.15, -0.1) is 0 Å². The largest absolute Gasteiger partial charge is 0.497 e. The van der Waals surface area contributed by atoms with Crippen molar-refractivity contribution in [2.45, 2.75) is 82.8 Å². The molecule has 3 heterocycles. The van der Waals surface area contributed by atoms with Crippen molar-refractivity contribution in [1.29, 1.82) is 5.26 Å². The maximum absolute atomic E-state index is 13.3. The zero-order valence-corrected chi connectivity index (χ0v) is 33.2. The number of nitrogens with zero attached hydrogens (tertiary/aromatic N) is 3. The SMILES string of the molecule is COc1ccc(C(OC[C@@]23COC(C2OP(OCCC#N)N(C(C)C)C(C)C)[C@H](n2cc(C)c(=O)[nH]c2=O)O3)(c2ccccc2)c2ccc(OC)cc2)cc1. The van der Waals surface area contributed by atoms with Crippen LogP contribution in [0.15, 0.2) is 94.6 Å². The highest BCUT2D eigenvalue weighted by Gasteiger charge is 2.65. The minimum atomic E-state index is -1.77. The molecule has 4 aromatic rings. The summed E-state index contributed by atoms with van der Waals surface area (Å²) in [5.41, 5.74) is -0.751. The number of aryl methyl sites for hydroxylation is 1. The van der Waals surface area contributed by atoms with E-state index in [1.807, 2.05) is 78.9 Å². The first-order valence-corrected chi connectivity index (χ1v) is 19.5. The molecular formula is C41H49N4O9P. The Kier molecular flexibility index (Phi) is 12.6. The fourth-order valence-corrected chi connectivity index (χ4v) is 9.16. The number of rotatable bonds is 17. The lowest BCUT2D eigenvalue weighted by Crippen LogP contribution is -2.49. The van der Waals surface area contributed by atoms with Crippen LogP contribution in [0.4, 0.5) is 0 Å². The van der Waals surface area contributed by atoms with Gasteiger partial charge in [0.1, 0.15) is 34.9 Å². The number of aromatic amines is 1. The van der Waals surface area contributed by atoms with Crippen molar-refractivity contribution in [3.05, 3.63) is 128 Å². The van der Waals surface area contributed by atoms with Crippen LogP contribution in [0.25, 0.3) is 0 Å². The minimum Gasteiger partial charge on any atom is -0.497 e. The Morgan fingerprint density at radius 2 is 1.53 bits per heavy atom. The van der Waals surface area contributed by atoms with E-state index in [1.165, 1.54) is 10.8 Å². The zero-order valence-electron chi connectivity index (χ0n) is 32.3. The van der Waals surface area contributed by atoms with Crippen molar-refractivity contribution in [3.8, 4) is 17.6 Å². The van der Waals surface area contributed by atoms with Crippen LogP contribution in [0.2, 0.25) is 0 Å². The van der Waals surface area contributed by atoms with Crippen LogP contribution >= 0.6 is 8.53 Å². The predicted octanol–water partition coefficient (Wildman–Crippen LogP) is 6.20. The summed E-state index contributed by atoms with van der Waals surface area (Å²) < 4.78 is 48.7. The second-order valence-corrected chi connectivity index (χ2v) is 15.6. The lowest BCUT2D eigenvalue weighted by Gasteiger charge is -2.41. The van der Waals surface area contributed by atoms with Crippen LogP contribution < -0.4 is 20.7 Å². The number of H-pyrrole nitrogens is 1. The maximum Gasteiger partial charge on any atom is 0.330 e. The molecule has 0 saturated carbocycles. The highest BCUT2D eigenvalue weighted by atomic mass is 31.2. The number of aromatic nitrogens is 2. The van der Waals surface area contributed by atoms with Gasteiger partial charge >= 0.3 is 5.69 Å². The Balaban J connectivity index is 1.49. The molecule has 0 radical (unpaired) electrons. The standard InChI is InChI=1S/C41H49N4O9P/c1-27(2)45(28(3)4)55(52-23-11-22-42)54-36-35-38(44-24-29(5)37(46)43-39(44)47)53-40(36,25-50-35)26-51-41(30-12-9-8-10-13-30,31-14-18-33(48-6)19-15-31)32-16-20-34(49-7)21-17-32/h8-10,12-21,24,27-28,35-36,38H,11,23,25-26H2,1-7H3,(H,43,46,47)/t35?,36?,38-,40+,55?/m1/s1. The van der Waals surface area contributed by atoms with E-state index in [2.05, 4.69) is 43.4 Å². The number of nitrogens with one attached hydrogen (secondary N) is 1. The van der Waals surface area contributed by atoms with Gasteiger partial charge in [-0.05, 0) is 75.6 Å². The predicted molar refractivity (Wildman–Crippen MR) is 207 cm³/mol. The summed E-state index contributed by atoms with van der Waals surface area (Å²) in [5, 5.41) is 9.37. The van der Waals surface area contributed by atoms with Crippen LogP contribution in [-0.2, 0) is 28.9 Å². The molecule has 2 fully saturated rings. The van der Waals surface area contributed by atoms with Gasteiger partial charge in [-0.3, -0.25) is 14.3 Å². The van der Waals surface area contributed by atoms with E-state index in [0.29, 0.717) is 17.1 Å². The van der Waals surface area contributed by atoms with Gasteiger partial charge in [0.2, 0.25) is 0 Å². The number of nitriles is 1. The molecule has 1 aromatic heterocycles. The molecule has 6 rings (SSSR count). The summed E-state index contributed by atoms with van der Waals surface area (Å²) in [5.74, 6) is 1.38. The van der Waals surface area contributed by atoms with Gasteiger partial charge in [-0.2, -0.15) is 5.26 Å². The molecule has 2 aliphatic rings. The molecule has 0 amide bonds. The number of methoxy groups -OCH3 is 2. The smallest absolute Gasteiger partial charge is 0.330 e. The number of ether oxygens (including phenoxy) is 5. The molecule has 3 unspecified atom stereocenters. The molecule has 0 aliphatic carbocycles. The molecule has 1 N–H and O–H groups in total. The Bertz CT molecular complexity index is 1990. The van der Waals surface area contributed by atoms with Crippen LogP contribution in [0, 0.1) is 18.3 Å². The van der Waals surface area contributed by atoms with E-state index >= 15 is 0 Å². The summed E-state index contributed by atoms with van der Waals surface area (Å²) in [6.45, 7) is 10.1. The average molecular weight is 773 g/mol. The summed E-state index contributed by atoms with van der Waals surface area (Å²) in [6, 6.07) is 27.6.